The maximum Gasteiger partial charge on any atom is 0.120 e. The van der Waals surface area contributed by atoms with Crippen LogP contribution in [-0.4, -0.2) is 14.2 Å². The first-order chi connectivity index (χ1) is 9.22. The van der Waals surface area contributed by atoms with E-state index in [1.165, 1.54) is 5.56 Å². The quantitative estimate of drug-likeness (QED) is 0.894. The lowest BCUT2D eigenvalue weighted by molar-refractivity contribution is 0.415. The molecule has 0 aliphatic carbocycles. The Morgan fingerprint density at radius 1 is 1.05 bits per heavy atom. The third-order valence-electron chi connectivity index (χ3n) is 3.14. The molecule has 2 N–H and O–H groups in total. The Balaban J connectivity index is 2.13. The molecule has 0 unspecified atom stereocenters. The van der Waals surface area contributed by atoms with Crippen molar-refractivity contribution in [2.45, 2.75) is 13.1 Å². The van der Waals surface area contributed by atoms with E-state index in [0.29, 0.717) is 6.54 Å². The number of rotatable bonds is 5. The Labute approximate surface area is 114 Å². The van der Waals surface area contributed by atoms with Gasteiger partial charge in [-0.1, -0.05) is 30.3 Å². The summed E-state index contributed by atoms with van der Waals surface area (Å²) in [5, 5.41) is 0. The fraction of sp³-hybridized carbons (Fsp3) is 0.250. The Morgan fingerprint density at radius 2 is 1.79 bits per heavy atom. The topological polar surface area (TPSA) is 38.5 Å². The van der Waals surface area contributed by atoms with Crippen molar-refractivity contribution in [1.82, 2.24) is 0 Å². The Kier molecular flexibility index (Phi) is 4.42. The van der Waals surface area contributed by atoms with Crippen LogP contribution in [0.15, 0.2) is 48.5 Å². The van der Waals surface area contributed by atoms with Crippen LogP contribution in [0.2, 0.25) is 0 Å². The van der Waals surface area contributed by atoms with Crippen molar-refractivity contribution in [2.24, 2.45) is 5.73 Å². The van der Waals surface area contributed by atoms with E-state index in [-0.39, 0.29) is 0 Å². The highest BCUT2D eigenvalue weighted by atomic mass is 16.5. The van der Waals surface area contributed by atoms with Crippen molar-refractivity contribution in [3.05, 3.63) is 59.7 Å². The molecule has 0 saturated carbocycles. The van der Waals surface area contributed by atoms with E-state index in [4.69, 9.17) is 10.5 Å². The average Bonchev–Trinajstić information content (AvgIpc) is 2.47. The second-order valence-electron chi connectivity index (χ2n) is 4.58. The summed E-state index contributed by atoms with van der Waals surface area (Å²) >= 11 is 0. The summed E-state index contributed by atoms with van der Waals surface area (Å²) in [4.78, 5) is 2.19. The van der Waals surface area contributed by atoms with Crippen molar-refractivity contribution in [3.8, 4) is 5.75 Å². The molecule has 0 atom stereocenters. The van der Waals surface area contributed by atoms with Crippen LogP contribution in [0.5, 0.6) is 5.75 Å². The predicted octanol–water partition coefficient (Wildman–Crippen LogP) is 2.79. The predicted molar refractivity (Wildman–Crippen MR) is 79.4 cm³/mol. The van der Waals surface area contributed by atoms with Gasteiger partial charge < -0.3 is 15.4 Å². The monoisotopic (exact) mass is 256 g/mol. The highest BCUT2D eigenvalue weighted by Crippen LogP contribution is 2.21. The molecule has 0 spiro atoms. The molecule has 0 saturated heterocycles. The molecule has 0 radical (unpaired) electrons. The van der Waals surface area contributed by atoms with Gasteiger partial charge in [0.05, 0.1) is 7.11 Å². The van der Waals surface area contributed by atoms with E-state index in [1.54, 1.807) is 7.11 Å². The SMILES string of the molecule is COc1cccc(N(C)Cc2cccc(CN)c2)c1. The maximum absolute atomic E-state index is 5.67. The van der Waals surface area contributed by atoms with Gasteiger partial charge in [-0.2, -0.15) is 0 Å². The Bertz CT molecular complexity index is 540. The minimum atomic E-state index is 0.580. The molecule has 0 aromatic heterocycles. The molecule has 2 aromatic rings. The molecule has 2 aromatic carbocycles. The highest BCUT2D eigenvalue weighted by molar-refractivity contribution is 5.50. The van der Waals surface area contributed by atoms with Crippen LogP contribution in [0.1, 0.15) is 11.1 Å². The van der Waals surface area contributed by atoms with E-state index >= 15 is 0 Å². The van der Waals surface area contributed by atoms with E-state index in [0.717, 1.165) is 23.5 Å². The molecular formula is C16H20N2O. The zero-order valence-electron chi connectivity index (χ0n) is 11.5. The van der Waals surface area contributed by atoms with E-state index in [9.17, 15) is 0 Å². The number of nitrogens with two attached hydrogens (primary N) is 1. The van der Waals surface area contributed by atoms with Gasteiger partial charge >= 0.3 is 0 Å². The molecule has 3 nitrogen and oxygen atoms in total. The largest absolute Gasteiger partial charge is 0.497 e. The van der Waals surface area contributed by atoms with Gasteiger partial charge in [0.2, 0.25) is 0 Å². The van der Waals surface area contributed by atoms with Crippen LogP contribution in [0.3, 0.4) is 0 Å². The van der Waals surface area contributed by atoms with Crippen LogP contribution >= 0.6 is 0 Å². The average molecular weight is 256 g/mol. The van der Waals surface area contributed by atoms with Crippen molar-refractivity contribution in [2.75, 3.05) is 19.1 Å². The Morgan fingerprint density at radius 3 is 2.53 bits per heavy atom. The molecule has 0 fully saturated rings. The molecule has 0 aliphatic rings. The summed E-state index contributed by atoms with van der Waals surface area (Å²) in [6, 6.07) is 16.4. The van der Waals surface area contributed by atoms with Gasteiger partial charge in [0.15, 0.2) is 0 Å². The van der Waals surface area contributed by atoms with Gasteiger partial charge in [0.25, 0.3) is 0 Å². The van der Waals surface area contributed by atoms with Crippen molar-refractivity contribution in [1.29, 1.82) is 0 Å². The van der Waals surface area contributed by atoms with Gasteiger partial charge in [-0.25, -0.2) is 0 Å². The lowest BCUT2D eigenvalue weighted by Gasteiger charge is -2.20. The fourth-order valence-electron chi connectivity index (χ4n) is 2.07. The highest BCUT2D eigenvalue weighted by Gasteiger charge is 2.04. The molecule has 3 heteroatoms. The van der Waals surface area contributed by atoms with Gasteiger partial charge in [0, 0.05) is 31.9 Å². The van der Waals surface area contributed by atoms with Crippen LogP contribution < -0.4 is 15.4 Å². The number of hydrogen-bond acceptors (Lipinski definition) is 3. The number of benzene rings is 2. The molecule has 19 heavy (non-hydrogen) atoms. The van der Waals surface area contributed by atoms with Gasteiger partial charge in [-0.05, 0) is 23.3 Å². The van der Waals surface area contributed by atoms with E-state index in [1.807, 2.05) is 18.2 Å². The molecule has 0 amide bonds. The van der Waals surface area contributed by atoms with E-state index < -0.39 is 0 Å². The normalized spacial score (nSPS) is 10.3. The zero-order valence-corrected chi connectivity index (χ0v) is 11.5. The van der Waals surface area contributed by atoms with Gasteiger partial charge in [-0.3, -0.25) is 0 Å². The van der Waals surface area contributed by atoms with Crippen molar-refractivity contribution in [3.63, 3.8) is 0 Å². The third-order valence-corrected chi connectivity index (χ3v) is 3.14. The lowest BCUT2D eigenvalue weighted by Crippen LogP contribution is -2.16. The fourth-order valence-corrected chi connectivity index (χ4v) is 2.07. The molecule has 2 rings (SSSR count). The number of anilines is 1. The standard InChI is InChI=1S/C16H20N2O/c1-18(15-7-4-8-16(10-15)19-2)12-14-6-3-5-13(9-14)11-17/h3-10H,11-12,17H2,1-2H3. The molecular weight excluding hydrogens is 236 g/mol. The van der Waals surface area contributed by atoms with Crippen molar-refractivity contribution >= 4 is 5.69 Å². The first-order valence-corrected chi connectivity index (χ1v) is 6.36. The summed E-state index contributed by atoms with van der Waals surface area (Å²) < 4.78 is 5.25. The molecule has 0 heterocycles. The smallest absolute Gasteiger partial charge is 0.120 e. The van der Waals surface area contributed by atoms with Gasteiger partial charge in [-0.15, -0.1) is 0 Å². The summed E-state index contributed by atoms with van der Waals surface area (Å²) in [6.07, 6.45) is 0. The van der Waals surface area contributed by atoms with Crippen LogP contribution in [0.25, 0.3) is 0 Å². The summed E-state index contributed by atoms with van der Waals surface area (Å²) in [6.45, 7) is 1.43. The van der Waals surface area contributed by atoms with Crippen LogP contribution in [0.4, 0.5) is 5.69 Å². The third kappa shape index (κ3) is 3.48. The second-order valence-corrected chi connectivity index (χ2v) is 4.58. The maximum atomic E-state index is 5.67. The first-order valence-electron chi connectivity index (χ1n) is 6.36. The zero-order chi connectivity index (χ0) is 13.7. The minimum absolute atomic E-state index is 0.580. The van der Waals surface area contributed by atoms with E-state index in [2.05, 4.69) is 42.3 Å². The summed E-state index contributed by atoms with van der Waals surface area (Å²) in [7, 11) is 3.76. The molecule has 0 aliphatic heterocycles. The number of hydrogen-bond donors (Lipinski definition) is 1. The van der Waals surface area contributed by atoms with Crippen LogP contribution in [-0.2, 0) is 13.1 Å². The Hall–Kier alpha value is -2.00. The number of methoxy groups -OCH3 is 1. The van der Waals surface area contributed by atoms with Gasteiger partial charge in [0.1, 0.15) is 5.75 Å². The minimum Gasteiger partial charge on any atom is -0.497 e. The molecule has 100 valence electrons. The number of nitrogens with zero attached hydrogens (tertiary/aromatic N) is 1. The van der Waals surface area contributed by atoms with Crippen molar-refractivity contribution < 1.29 is 4.74 Å². The second kappa shape index (κ2) is 6.25. The first kappa shape index (κ1) is 13.4. The van der Waals surface area contributed by atoms with Crippen LogP contribution in [0, 0.1) is 0 Å². The summed E-state index contributed by atoms with van der Waals surface area (Å²) in [5.41, 5.74) is 9.23. The molecule has 0 bridgehead atoms. The summed E-state index contributed by atoms with van der Waals surface area (Å²) in [5.74, 6) is 0.875. The number of ether oxygens (including phenoxy) is 1. The lowest BCUT2D eigenvalue weighted by atomic mass is 10.1.